The van der Waals surface area contributed by atoms with Gasteiger partial charge in [-0.1, -0.05) is 29.8 Å². The number of hydrogen-bond donors (Lipinski definition) is 0. The zero-order valence-corrected chi connectivity index (χ0v) is 15.4. The number of carbonyl (C=O) groups is 2. The monoisotopic (exact) mass is 356 g/mol. The Morgan fingerprint density at radius 1 is 1.08 bits per heavy atom. The second kappa shape index (κ2) is 6.89. The minimum absolute atomic E-state index is 0.0707. The molecule has 0 saturated carbocycles. The lowest BCUT2D eigenvalue weighted by Crippen LogP contribution is -2.58. The molecule has 1 heterocycles. The van der Waals surface area contributed by atoms with E-state index in [1.807, 2.05) is 50.2 Å². The van der Waals surface area contributed by atoms with Crippen molar-refractivity contribution >= 4 is 29.1 Å². The van der Waals surface area contributed by atoms with E-state index in [1.54, 1.807) is 22.8 Å². The van der Waals surface area contributed by atoms with Gasteiger partial charge < -0.3 is 9.80 Å². The number of carbonyl (C=O) groups excluding carboxylic acids is 2. The largest absolute Gasteiger partial charge is 0.325 e. The maximum absolute atomic E-state index is 12.9. The predicted molar refractivity (Wildman–Crippen MR) is 100 cm³/mol. The maximum Gasteiger partial charge on any atom is 0.254 e. The lowest BCUT2D eigenvalue weighted by molar-refractivity contribution is -0.124. The summed E-state index contributed by atoms with van der Waals surface area (Å²) >= 11 is 6.01. The van der Waals surface area contributed by atoms with Gasteiger partial charge in [0.05, 0.1) is 0 Å². The number of hydrogen-bond acceptors (Lipinski definition) is 2. The van der Waals surface area contributed by atoms with Gasteiger partial charge in [0.15, 0.2) is 0 Å². The fourth-order valence-electron chi connectivity index (χ4n) is 3.28. The lowest BCUT2D eigenvalue weighted by atomic mass is 10.0. The SMILES string of the molecule is Cc1ccccc1C(=O)N1CCN(c2ccc(Cl)cc2C)C(=O)[C@H]1C. The van der Waals surface area contributed by atoms with E-state index in [9.17, 15) is 9.59 Å². The van der Waals surface area contributed by atoms with E-state index in [1.165, 1.54) is 0 Å². The first-order valence-electron chi connectivity index (χ1n) is 8.34. The number of halogens is 1. The second-order valence-electron chi connectivity index (χ2n) is 6.41. The second-order valence-corrected chi connectivity index (χ2v) is 6.85. The Morgan fingerprint density at radius 3 is 2.48 bits per heavy atom. The highest BCUT2D eigenvalue weighted by atomic mass is 35.5. The molecule has 1 fully saturated rings. The van der Waals surface area contributed by atoms with Crippen molar-refractivity contribution < 1.29 is 9.59 Å². The van der Waals surface area contributed by atoms with Gasteiger partial charge in [0, 0.05) is 29.4 Å². The van der Waals surface area contributed by atoms with Gasteiger partial charge in [-0.3, -0.25) is 9.59 Å². The lowest BCUT2D eigenvalue weighted by Gasteiger charge is -2.39. The zero-order valence-electron chi connectivity index (χ0n) is 14.6. The third-order valence-electron chi connectivity index (χ3n) is 4.74. The average molecular weight is 357 g/mol. The molecule has 1 saturated heterocycles. The summed E-state index contributed by atoms with van der Waals surface area (Å²) in [5.41, 5.74) is 3.37. The number of rotatable bonds is 2. The van der Waals surface area contributed by atoms with E-state index in [0.717, 1.165) is 16.8 Å². The van der Waals surface area contributed by atoms with Gasteiger partial charge in [0.1, 0.15) is 6.04 Å². The minimum Gasteiger partial charge on any atom is -0.325 e. The summed E-state index contributed by atoms with van der Waals surface area (Å²) in [7, 11) is 0. The summed E-state index contributed by atoms with van der Waals surface area (Å²) in [6.45, 7) is 6.61. The van der Waals surface area contributed by atoms with E-state index < -0.39 is 6.04 Å². The number of benzene rings is 2. The molecule has 1 aliphatic rings. The Bertz CT molecular complexity index is 834. The van der Waals surface area contributed by atoms with Crippen molar-refractivity contribution in [3.05, 3.63) is 64.2 Å². The van der Waals surface area contributed by atoms with Gasteiger partial charge in [-0.2, -0.15) is 0 Å². The van der Waals surface area contributed by atoms with E-state index in [0.29, 0.717) is 23.7 Å². The zero-order chi connectivity index (χ0) is 18.1. The fraction of sp³-hybridized carbons (Fsp3) is 0.300. The molecule has 0 unspecified atom stereocenters. The molecule has 0 aromatic heterocycles. The highest BCUT2D eigenvalue weighted by Gasteiger charge is 2.36. The summed E-state index contributed by atoms with van der Waals surface area (Å²) in [6, 6.07) is 12.5. The van der Waals surface area contributed by atoms with Gasteiger partial charge in [-0.15, -0.1) is 0 Å². The summed E-state index contributed by atoms with van der Waals surface area (Å²) in [4.78, 5) is 29.2. The molecule has 130 valence electrons. The Balaban J connectivity index is 1.84. The van der Waals surface area contributed by atoms with Crippen molar-refractivity contribution in [1.82, 2.24) is 4.90 Å². The molecule has 4 nitrogen and oxygen atoms in total. The van der Waals surface area contributed by atoms with Crippen molar-refractivity contribution in [3.63, 3.8) is 0 Å². The number of piperazine rings is 1. The van der Waals surface area contributed by atoms with Crippen molar-refractivity contribution in [1.29, 1.82) is 0 Å². The van der Waals surface area contributed by atoms with Crippen LogP contribution in [0.15, 0.2) is 42.5 Å². The third-order valence-corrected chi connectivity index (χ3v) is 4.98. The molecular weight excluding hydrogens is 336 g/mol. The summed E-state index contributed by atoms with van der Waals surface area (Å²) < 4.78 is 0. The summed E-state index contributed by atoms with van der Waals surface area (Å²) in [6.07, 6.45) is 0. The van der Waals surface area contributed by atoms with Crippen LogP contribution in [0.4, 0.5) is 5.69 Å². The van der Waals surface area contributed by atoms with Crippen LogP contribution in [-0.2, 0) is 4.79 Å². The molecule has 0 radical (unpaired) electrons. The van der Waals surface area contributed by atoms with Gasteiger partial charge in [0.25, 0.3) is 5.91 Å². The fourth-order valence-corrected chi connectivity index (χ4v) is 3.50. The molecule has 2 amide bonds. The maximum atomic E-state index is 12.9. The average Bonchev–Trinajstić information content (AvgIpc) is 2.58. The molecule has 0 bridgehead atoms. The van der Waals surface area contributed by atoms with Gasteiger partial charge in [0.2, 0.25) is 5.91 Å². The molecule has 1 atom stereocenters. The van der Waals surface area contributed by atoms with Crippen LogP contribution in [0.25, 0.3) is 0 Å². The summed E-state index contributed by atoms with van der Waals surface area (Å²) in [5.74, 6) is -0.162. The van der Waals surface area contributed by atoms with Crippen LogP contribution in [-0.4, -0.2) is 35.8 Å². The van der Waals surface area contributed by atoms with Gasteiger partial charge >= 0.3 is 0 Å². The normalized spacial score (nSPS) is 17.8. The standard InChI is InChI=1S/C20H21ClN2O2/c1-13-6-4-5-7-17(13)20(25)22-10-11-23(19(24)15(22)3)18-9-8-16(21)12-14(18)2/h4-9,12,15H,10-11H2,1-3H3/t15-/m1/s1. The number of aryl methyl sites for hydroxylation is 2. The van der Waals surface area contributed by atoms with E-state index in [2.05, 4.69) is 0 Å². The molecule has 0 N–H and O–H groups in total. The van der Waals surface area contributed by atoms with Crippen LogP contribution in [0.3, 0.4) is 0 Å². The smallest absolute Gasteiger partial charge is 0.254 e. The molecular formula is C20H21ClN2O2. The number of nitrogens with zero attached hydrogens (tertiary/aromatic N) is 2. The quantitative estimate of drug-likeness (QED) is 0.820. The number of amides is 2. The van der Waals surface area contributed by atoms with E-state index >= 15 is 0 Å². The Hall–Kier alpha value is -2.33. The molecule has 0 aliphatic carbocycles. The van der Waals surface area contributed by atoms with Crippen molar-refractivity contribution in [2.75, 3.05) is 18.0 Å². The molecule has 2 aromatic carbocycles. The predicted octanol–water partition coefficient (Wildman–Crippen LogP) is 3.83. The van der Waals surface area contributed by atoms with Gasteiger partial charge in [-0.05, 0) is 56.2 Å². The summed E-state index contributed by atoms with van der Waals surface area (Å²) in [5, 5.41) is 0.648. The van der Waals surface area contributed by atoms with Crippen molar-refractivity contribution in [3.8, 4) is 0 Å². The Labute approximate surface area is 153 Å². The van der Waals surface area contributed by atoms with Crippen LogP contribution in [0, 0.1) is 13.8 Å². The van der Waals surface area contributed by atoms with Crippen molar-refractivity contribution in [2.24, 2.45) is 0 Å². The van der Waals surface area contributed by atoms with Crippen molar-refractivity contribution in [2.45, 2.75) is 26.8 Å². The first-order valence-corrected chi connectivity index (χ1v) is 8.72. The van der Waals surface area contributed by atoms with Crippen LogP contribution in [0.1, 0.15) is 28.4 Å². The molecule has 0 spiro atoms. The van der Waals surface area contributed by atoms with E-state index in [4.69, 9.17) is 11.6 Å². The molecule has 5 heteroatoms. The minimum atomic E-state index is -0.504. The van der Waals surface area contributed by atoms with Crippen LogP contribution in [0.5, 0.6) is 0 Å². The molecule has 2 aromatic rings. The highest BCUT2D eigenvalue weighted by Crippen LogP contribution is 2.27. The number of anilines is 1. The van der Waals surface area contributed by atoms with Crippen LogP contribution >= 0.6 is 11.6 Å². The Kier molecular flexibility index (Phi) is 4.82. The molecule has 1 aliphatic heterocycles. The van der Waals surface area contributed by atoms with Crippen LogP contribution in [0.2, 0.25) is 5.02 Å². The molecule has 25 heavy (non-hydrogen) atoms. The van der Waals surface area contributed by atoms with Crippen LogP contribution < -0.4 is 4.90 Å². The third kappa shape index (κ3) is 3.27. The Morgan fingerprint density at radius 2 is 1.80 bits per heavy atom. The first kappa shape index (κ1) is 17.5. The molecule has 3 rings (SSSR count). The highest BCUT2D eigenvalue weighted by molar-refractivity contribution is 6.30. The van der Waals surface area contributed by atoms with E-state index in [-0.39, 0.29) is 11.8 Å². The first-order chi connectivity index (χ1) is 11.9. The topological polar surface area (TPSA) is 40.6 Å². The van der Waals surface area contributed by atoms with Gasteiger partial charge in [-0.25, -0.2) is 0 Å².